The molecule has 0 spiro atoms. The van der Waals surface area contributed by atoms with E-state index in [1.807, 2.05) is 12.1 Å². The molecule has 1 aromatic rings. The van der Waals surface area contributed by atoms with Crippen LogP contribution >= 0.6 is 0 Å². The van der Waals surface area contributed by atoms with Crippen LogP contribution in [0.4, 0.5) is 4.39 Å². The van der Waals surface area contributed by atoms with Crippen LogP contribution in [0.3, 0.4) is 0 Å². The van der Waals surface area contributed by atoms with Crippen molar-refractivity contribution in [2.24, 2.45) is 0 Å². The maximum absolute atomic E-state index is 13.7. The molecular weight excluding hydrogens is 241 g/mol. The van der Waals surface area contributed by atoms with Crippen molar-refractivity contribution in [3.8, 4) is 5.75 Å². The lowest BCUT2D eigenvalue weighted by atomic mass is 10.1. The fraction of sp³-hybridized carbons (Fsp3) is 0.625. The number of methoxy groups -OCH3 is 1. The average Bonchev–Trinajstić information content (AvgIpc) is 2.43. The predicted molar refractivity (Wildman–Crippen MR) is 78.3 cm³/mol. The first kappa shape index (κ1) is 16.0. The molecule has 2 nitrogen and oxygen atoms in total. The van der Waals surface area contributed by atoms with E-state index in [0.29, 0.717) is 5.75 Å². The molecule has 0 aliphatic carbocycles. The largest absolute Gasteiger partial charge is 0.497 e. The van der Waals surface area contributed by atoms with Gasteiger partial charge in [-0.1, -0.05) is 25.8 Å². The lowest BCUT2D eigenvalue weighted by Gasteiger charge is -2.06. The second-order valence-electron chi connectivity index (χ2n) is 4.87. The van der Waals surface area contributed by atoms with Crippen molar-refractivity contribution in [1.29, 1.82) is 0 Å². The van der Waals surface area contributed by atoms with Crippen LogP contribution in [-0.4, -0.2) is 20.2 Å². The summed E-state index contributed by atoms with van der Waals surface area (Å²) in [5.41, 5.74) is 0.796. The monoisotopic (exact) mass is 267 g/mol. The zero-order valence-corrected chi connectivity index (χ0v) is 12.2. The van der Waals surface area contributed by atoms with E-state index in [4.69, 9.17) is 4.74 Å². The molecule has 1 aromatic carbocycles. The average molecular weight is 267 g/mol. The van der Waals surface area contributed by atoms with Gasteiger partial charge in [0.1, 0.15) is 11.6 Å². The number of unbranched alkanes of at least 4 members (excludes halogenated alkanes) is 3. The van der Waals surface area contributed by atoms with Crippen LogP contribution in [0, 0.1) is 5.82 Å². The molecule has 1 rings (SSSR count). The van der Waals surface area contributed by atoms with Gasteiger partial charge in [0.15, 0.2) is 0 Å². The van der Waals surface area contributed by atoms with Gasteiger partial charge < -0.3 is 10.1 Å². The third-order valence-corrected chi connectivity index (χ3v) is 3.24. The normalized spacial score (nSPS) is 10.7. The van der Waals surface area contributed by atoms with Crippen LogP contribution in [0.5, 0.6) is 5.75 Å². The maximum atomic E-state index is 13.7. The van der Waals surface area contributed by atoms with Crippen molar-refractivity contribution < 1.29 is 9.13 Å². The molecule has 108 valence electrons. The van der Waals surface area contributed by atoms with E-state index in [0.717, 1.165) is 31.5 Å². The first-order valence-corrected chi connectivity index (χ1v) is 7.31. The zero-order valence-electron chi connectivity index (χ0n) is 12.2. The SMILES string of the molecule is CCCNCCCCCCc1ccc(OC)cc1F. The maximum Gasteiger partial charge on any atom is 0.130 e. The number of rotatable bonds is 10. The third-order valence-electron chi connectivity index (χ3n) is 3.24. The van der Waals surface area contributed by atoms with Crippen molar-refractivity contribution in [2.45, 2.75) is 45.4 Å². The van der Waals surface area contributed by atoms with E-state index >= 15 is 0 Å². The van der Waals surface area contributed by atoms with Gasteiger partial charge >= 0.3 is 0 Å². The fourth-order valence-corrected chi connectivity index (χ4v) is 2.08. The van der Waals surface area contributed by atoms with Crippen molar-refractivity contribution in [3.05, 3.63) is 29.6 Å². The van der Waals surface area contributed by atoms with Crippen molar-refractivity contribution >= 4 is 0 Å². The van der Waals surface area contributed by atoms with Crippen LogP contribution in [0.25, 0.3) is 0 Å². The summed E-state index contributed by atoms with van der Waals surface area (Å²) in [6, 6.07) is 5.12. The molecule has 0 radical (unpaired) electrons. The smallest absolute Gasteiger partial charge is 0.130 e. The Morgan fingerprint density at radius 2 is 1.89 bits per heavy atom. The molecule has 0 heterocycles. The van der Waals surface area contributed by atoms with Gasteiger partial charge in [-0.3, -0.25) is 0 Å². The van der Waals surface area contributed by atoms with Gasteiger partial charge in [0.25, 0.3) is 0 Å². The Balaban J connectivity index is 2.12. The minimum atomic E-state index is -0.149. The van der Waals surface area contributed by atoms with Crippen LogP contribution in [0.15, 0.2) is 18.2 Å². The third kappa shape index (κ3) is 6.58. The molecule has 0 atom stereocenters. The van der Waals surface area contributed by atoms with Gasteiger partial charge in [-0.2, -0.15) is 0 Å². The summed E-state index contributed by atoms with van der Waals surface area (Å²) in [5.74, 6) is 0.437. The summed E-state index contributed by atoms with van der Waals surface area (Å²) in [5, 5.41) is 3.39. The number of ether oxygens (including phenoxy) is 1. The minimum absolute atomic E-state index is 0.149. The molecule has 0 bridgehead atoms. The molecule has 0 saturated carbocycles. The van der Waals surface area contributed by atoms with Gasteiger partial charge in [-0.25, -0.2) is 4.39 Å². The second-order valence-corrected chi connectivity index (χ2v) is 4.87. The van der Waals surface area contributed by atoms with Crippen molar-refractivity contribution in [1.82, 2.24) is 5.32 Å². The van der Waals surface area contributed by atoms with Crippen molar-refractivity contribution in [2.75, 3.05) is 20.2 Å². The Morgan fingerprint density at radius 1 is 1.11 bits per heavy atom. The molecule has 3 heteroatoms. The molecule has 0 fully saturated rings. The number of nitrogens with one attached hydrogen (secondary N) is 1. The molecule has 0 saturated heterocycles. The van der Waals surface area contributed by atoms with E-state index in [9.17, 15) is 4.39 Å². The number of benzene rings is 1. The molecule has 0 amide bonds. The zero-order chi connectivity index (χ0) is 13.9. The van der Waals surface area contributed by atoms with E-state index < -0.39 is 0 Å². The van der Waals surface area contributed by atoms with Crippen LogP contribution < -0.4 is 10.1 Å². The standard InChI is InChI=1S/C16H26FNO/c1-3-11-18-12-7-5-4-6-8-14-9-10-15(19-2)13-16(14)17/h9-10,13,18H,3-8,11-12H2,1-2H3. The molecular formula is C16H26FNO. The Bertz CT molecular complexity index is 355. The first-order valence-electron chi connectivity index (χ1n) is 7.31. The Kier molecular flexibility index (Phi) is 8.23. The van der Waals surface area contributed by atoms with Crippen LogP contribution in [0.1, 0.15) is 44.6 Å². The number of halogens is 1. The summed E-state index contributed by atoms with van der Waals surface area (Å²) in [4.78, 5) is 0. The summed E-state index contributed by atoms with van der Waals surface area (Å²) in [6.45, 7) is 4.39. The highest BCUT2D eigenvalue weighted by molar-refractivity contribution is 5.28. The van der Waals surface area contributed by atoms with E-state index in [1.54, 1.807) is 7.11 Å². The van der Waals surface area contributed by atoms with Gasteiger partial charge in [-0.15, -0.1) is 0 Å². The predicted octanol–water partition coefficient (Wildman–Crippen LogP) is 3.94. The summed E-state index contributed by atoms with van der Waals surface area (Å²) in [6.07, 6.45) is 6.66. The Labute approximate surface area is 116 Å². The first-order chi connectivity index (χ1) is 9.27. The molecule has 1 N–H and O–H groups in total. The summed E-state index contributed by atoms with van der Waals surface area (Å²) < 4.78 is 18.7. The molecule has 0 aliphatic heterocycles. The quantitative estimate of drug-likeness (QED) is 0.648. The van der Waals surface area contributed by atoms with E-state index in [2.05, 4.69) is 12.2 Å². The second kappa shape index (κ2) is 9.79. The molecule has 0 unspecified atom stereocenters. The highest BCUT2D eigenvalue weighted by Crippen LogP contribution is 2.18. The van der Waals surface area contributed by atoms with Crippen LogP contribution in [-0.2, 0) is 6.42 Å². The molecule has 19 heavy (non-hydrogen) atoms. The van der Waals surface area contributed by atoms with Gasteiger partial charge in [0, 0.05) is 6.07 Å². The number of hydrogen-bond acceptors (Lipinski definition) is 2. The Morgan fingerprint density at radius 3 is 2.58 bits per heavy atom. The Hall–Kier alpha value is -1.09. The topological polar surface area (TPSA) is 21.3 Å². The molecule has 0 aromatic heterocycles. The number of hydrogen-bond donors (Lipinski definition) is 1. The van der Waals surface area contributed by atoms with Gasteiger partial charge in [0.2, 0.25) is 0 Å². The lowest BCUT2D eigenvalue weighted by molar-refractivity contribution is 0.410. The van der Waals surface area contributed by atoms with Crippen molar-refractivity contribution in [3.63, 3.8) is 0 Å². The highest BCUT2D eigenvalue weighted by Gasteiger charge is 2.03. The highest BCUT2D eigenvalue weighted by atomic mass is 19.1. The van der Waals surface area contributed by atoms with Gasteiger partial charge in [0.05, 0.1) is 7.11 Å². The summed E-state index contributed by atoms with van der Waals surface area (Å²) in [7, 11) is 1.56. The minimum Gasteiger partial charge on any atom is -0.497 e. The van der Waals surface area contributed by atoms with Gasteiger partial charge in [-0.05, 0) is 50.4 Å². The fourth-order valence-electron chi connectivity index (χ4n) is 2.08. The number of aryl methyl sites for hydroxylation is 1. The van der Waals surface area contributed by atoms with E-state index in [1.165, 1.54) is 31.7 Å². The van der Waals surface area contributed by atoms with Crippen LogP contribution in [0.2, 0.25) is 0 Å². The van der Waals surface area contributed by atoms with E-state index in [-0.39, 0.29) is 5.82 Å². The molecule has 0 aliphatic rings. The lowest BCUT2D eigenvalue weighted by Crippen LogP contribution is -2.15. The summed E-state index contributed by atoms with van der Waals surface area (Å²) >= 11 is 0.